The molecule has 0 spiro atoms. The summed E-state index contributed by atoms with van der Waals surface area (Å²) < 4.78 is 39.4. The van der Waals surface area contributed by atoms with Crippen molar-refractivity contribution >= 4 is 0 Å². The summed E-state index contributed by atoms with van der Waals surface area (Å²) >= 11 is 0. The van der Waals surface area contributed by atoms with Crippen LogP contribution >= 0.6 is 0 Å². The lowest BCUT2D eigenvalue weighted by Gasteiger charge is -2.07. The summed E-state index contributed by atoms with van der Waals surface area (Å²) in [7, 11) is 0. The van der Waals surface area contributed by atoms with E-state index in [1.54, 1.807) is 0 Å². The number of rotatable bonds is 6. The second-order valence-electron chi connectivity index (χ2n) is 2.19. The van der Waals surface area contributed by atoms with E-state index in [1.165, 1.54) is 0 Å². The van der Waals surface area contributed by atoms with Gasteiger partial charge in [0.05, 0.1) is 19.8 Å². The standard InChI is InChI=1S/C6H13F3N2O/c7-6(8,9)5-11-2-4-12-3-1-10/h11H,1-5,10H2. The van der Waals surface area contributed by atoms with Crippen molar-refractivity contribution in [3.8, 4) is 0 Å². The van der Waals surface area contributed by atoms with Crippen LogP contribution in [-0.2, 0) is 4.74 Å². The molecular formula is C6H13F3N2O. The zero-order chi connectivity index (χ0) is 9.45. The molecule has 0 bridgehead atoms. The first-order valence-electron chi connectivity index (χ1n) is 3.61. The quantitative estimate of drug-likeness (QED) is 0.579. The zero-order valence-corrected chi connectivity index (χ0v) is 6.66. The van der Waals surface area contributed by atoms with Gasteiger partial charge in [0.25, 0.3) is 0 Å². The van der Waals surface area contributed by atoms with E-state index in [2.05, 4.69) is 5.32 Å². The number of ether oxygens (including phenoxy) is 1. The van der Waals surface area contributed by atoms with Gasteiger partial charge in [0.15, 0.2) is 0 Å². The monoisotopic (exact) mass is 186 g/mol. The molecule has 0 fully saturated rings. The van der Waals surface area contributed by atoms with Crippen molar-refractivity contribution in [3.63, 3.8) is 0 Å². The number of alkyl halides is 3. The second kappa shape index (κ2) is 6.22. The molecular weight excluding hydrogens is 173 g/mol. The van der Waals surface area contributed by atoms with Crippen molar-refractivity contribution in [2.24, 2.45) is 5.73 Å². The van der Waals surface area contributed by atoms with Crippen LogP contribution in [0.4, 0.5) is 13.2 Å². The predicted molar refractivity (Wildman–Crippen MR) is 38.8 cm³/mol. The van der Waals surface area contributed by atoms with Gasteiger partial charge in [-0.25, -0.2) is 0 Å². The average molecular weight is 186 g/mol. The van der Waals surface area contributed by atoms with Gasteiger partial charge in [0.2, 0.25) is 0 Å². The van der Waals surface area contributed by atoms with Crippen LogP contribution in [0.3, 0.4) is 0 Å². The predicted octanol–water partition coefficient (Wildman–Crippen LogP) is 0.114. The highest BCUT2D eigenvalue weighted by molar-refractivity contribution is 4.54. The van der Waals surface area contributed by atoms with E-state index in [4.69, 9.17) is 10.5 Å². The Labute approximate surface area is 69.1 Å². The summed E-state index contributed by atoms with van der Waals surface area (Å²) in [5.41, 5.74) is 5.09. The number of halogens is 3. The first kappa shape index (κ1) is 11.7. The molecule has 3 N–H and O–H groups in total. The topological polar surface area (TPSA) is 47.3 Å². The van der Waals surface area contributed by atoms with Crippen molar-refractivity contribution in [2.75, 3.05) is 32.8 Å². The molecule has 0 aromatic carbocycles. The lowest BCUT2D eigenvalue weighted by Crippen LogP contribution is -2.31. The van der Waals surface area contributed by atoms with Gasteiger partial charge in [0, 0.05) is 13.1 Å². The minimum atomic E-state index is -4.14. The molecule has 0 saturated carbocycles. The summed E-state index contributed by atoms with van der Waals surface area (Å²) in [5.74, 6) is 0. The third-order valence-electron chi connectivity index (χ3n) is 1.01. The van der Waals surface area contributed by atoms with Gasteiger partial charge < -0.3 is 15.8 Å². The molecule has 0 rings (SSSR count). The van der Waals surface area contributed by atoms with Crippen LogP contribution < -0.4 is 11.1 Å². The van der Waals surface area contributed by atoms with Crippen molar-refractivity contribution in [1.29, 1.82) is 0 Å². The fourth-order valence-corrected chi connectivity index (χ4v) is 0.560. The van der Waals surface area contributed by atoms with Crippen LogP contribution in [-0.4, -0.2) is 39.0 Å². The SMILES string of the molecule is NCCOCCNCC(F)(F)F. The molecule has 0 atom stereocenters. The second-order valence-corrected chi connectivity index (χ2v) is 2.19. The maximum Gasteiger partial charge on any atom is 0.401 e. The summed E-state index contributed by atoms with van der Waals surface area (Å²) in [5, 5.41) is 2.19. The molecule has 0 aliphatic heterocycles. The van der Waals surface area contributed by atoms with Crippen molar-refractivity contribution in [2.45, 2.75) is 6.18 Å². The zero-order valence-electron chi connectivity index (χ0n) is 6.66. The molecule has 0 unspecified atom stereocenters. The lowest BCUT2D eigenvalue weighted by atomic mass is 10.6. The Bertz CT molecular complexity index is 107. The molecule has 0 aromatic heterocycles. The van der Waals surface area contributed by atoms with E-state index in [-0.39, 0.29) is 13.2 Å². The summed E-state index contributed by atoms with van der Waals surface area (Å²) in [6, 6.07) is 0. The van der Waals surface area contributed by atoms with Crippen LogP contribution in [0.5, 0.6) is 0 Å². The van der Waals surface area contributed by atoms with E-state index in [0.29, 0.717) is 13.2 Å². The Morgan fingerprint density at radius 2 is 1.92 bits per heavy atom. The van der Waals surface area contributed by atoms with Crippen molar-refractivity contribution in [3.05, 3.63) is 0 Å². The van der Waals surface area contributed by atoms with Crippen LogP contribution in [0.2, 0.25) is 0 Å². The maximum atomic E-state index is 11.5. The van der Waals surface area contributed by atoms with Crippen molar-refractivity contribution in [1.82, 2.24) is 5.32 Å². The summed E-state index contributed by atoms with van der Waals surface area (Å²) in [4.78, 5) is 0. The Hall–Kier alpha value is -0.330. The van der Waals surface area contributed by atoms with Gasteiger partial charge in [-0.3, -0.25) is 0 Å². The largest absolute Gasteiger partial charge is 0.401 e. The molecule has 0 amide bonds. The Kier molecular flexibility index (Phi) is 6.04. The molecule has 6 heteroatoms. The Morgan fingerprint density at radius 3 is 2.42 bits per heavy atom. The molecule has 74 valence electrons. The lowest BCUT2D eigenvalue weighted by molar-refractivity contribution is -0.125. The van der Waals surface area contributed by atoms with Crippen LogP contribution in [0.15, 0.2) is 0 Å². The third-order valence-corrected chi connectivity index (χ3v) is 1.01. The van der Waals surface area contributed by atoms with Gasteiger partial charge in [-0.2, -0.15) is 13.2 Å². The first-order chi connectivity index (χ1) is 5.56. The van der Waals surface area contributed by atoms with E-state index in [9.17, 15) is 13.2 Å². The molecule has 0 aromatic rings. The summed E-state index contributed by atoms with van der Waals surface area (Å²) in [6.07, 6.45) is -4.14. The minimum absolute atomic E-state index is 0.194. The molecule has 12 heavy (non-hydrogen) atoms. The van der Waals surface area contributed by atoms with E-state index < -0.39 is 12.7 Å². The average Bonchev–Trinajstić information content (AvgIpc) is 1.94. The number of nitrogens with one attached hydrogen (secondary N) is 1. The third kappa shape index (κ3) is 9.67. The molecule has 0 saturated heterocycles. The van der Waals surface area contributed by atoms with Crippen molar-refractivity contribution < 1.29 is 17.9 Å². The van der Waals surface area contributed by atoms with E-state index in [0.717, 1.165) is 0 Å². The molecule has 0 aliphatic rings. The molecule has 0 heterocycles. The first-order valence-corrected chi connectivity index (χ1v) is 3.61. The van der Waals surface area contributed by atoms with E-state index in [1.807, 2.05) is 0 Å². The van der Waals surface area contributed by atoms with Gasteiger partial charge in [-0.15, -0.1) is 0 Å². The number of hydrogen-bond acceptors (Lipinski definition) is 3. The smallest absolute Gasteiger partial charge is 0.379 e. The molecule has 0 radical (unpaired) electrons. The maximum absolute atomic E-state index is 11.5. The highest BCUT2D eigenvalue weighted by atomic mass is 19.4. The highest BCUT2D eigenvalue weighted by Gasteiger charge is 2.25. The normalized spacial score (nSPS) is 12.0. The molecule has 3 nitrogen and oxygen atoms in total. The number of nitrogens with two attached hydrogens (primary N) is 1. The molecule has 0 aliphatic carbocycles. The number of hydrogen-bond donors (Lipinski definition) is 2. The Balaban J connectivity index is 3.01. The van der Waals surface area contributed by atoms with Crippen LogP contribution in [0.1, 0.15) is 0 Å². The Morgan fingerprint density at radius 1 is 1.25 bits per heavy atom. The van der Waals surface area contributed by atoms with Crippen LogP contribution in [0, 0.1) is 0 Å². The minimum Gasteiger partial charge on any atom is -0.379 e. The van der Waals surface area contributed by atoms with Gasteiger partial charge in [-0.1, -0.05) is 0 Å². The van der Waals surface area contributed by atoms with E-state index >= 15 is 0 Å². The highest BCUT2D eigenvalue weighted by Crippen LogP contribution is 2.11. The summed E-state index contributed by atoms with van der Waals surface area (Å²) in [6.45, 7) is 0.249. The van der Waals surface area contributed by atoms with Gasteiger partial charge in [-0.05, 0) is 0 Å². The fourth-order valence-electron chi connectivity index (χ4n) is 0.560. The van der Waals surface area contributed by atoms with Gasteiger partial charge >= 0.3 is 6.18 Å². The van der Waals surface area contributed by atoms with Crippen LogP contribution in [0.25, 0.3) is 0 Å². The van der Waals surface area contributed by atoms with Gasteiger partial charge in [0.1, 0.15) is 0 Å². The fraction of sp³-hybridized carbons (Fsp3) is 1.00.